The topological polar surface area (TPSA) is 37.3 Å². The molecule has 12 heavy (non-hydrogen) atoms. The summed E-state index contributed by atoms with van der Waals surface area (Å²) in [4.78, 5) is 10.3. The molecule has 0 saturated carbocycles. The number of carboxylic acid groups (broad SMARTS) is 1. The molecular weight excluding hydrogens is 163 g/mol. The largest absolute Gasteiger partial charge is 1.00 e. The first-order valence-electron chi connectivity index (χ1n) is 4.03. The first-order chi connectivity index (χ1) is 4.81. The van der Waals surface area contributed by atoms with Crippen LogP contribution in [0.3, 0.4) is 0 Å². The van der Waals surface area contributed by atoms with E-state index in [2.05, 4.69) is 20.8 Å². The number of rotatable bonds is 3. The van der Waals surface area contributed by atoms with E-state index >= 15 is 0 Å². The van der Waals surface area contributed by atoms with Crippen molar-refractivity contribution in [3.05, 3.63) is 0 Å². The minimum absolute atomic E-state index is 0. The number of hydrogen-bond donors (Lipinski definition) is 1. The van der Waals surface area contributed by atoms with E-state index in [0.717, 1.165) is 6.42 Å². The quantitative estimate of drug-likeness (QED) is 0.606. The molecule has 2 nitrogen and oxygen atoms in total. The molecule has 1 atom stereocenters. The summed E-state index contributed by atoms with van der Waals surface area (Å²) < 4.78 is 0. The maximum absolute atomic E-state index is 10.3. The zero-order chi connectivity index (χ0) is 9.07. The van der Waals surface area contributed by atoms with Crippen molar-refractivity contribution in [2.75, 3.05) is 0 Å². The molecule has 0 aliphatic rings. The van der Waals surface area contributed by atoms with E-state index in [-0.39, 0.29) is 48.7 Å². The van der Waals surface area contributed by atoms with Crippen molar-refractivity contribution in [1.82, 2.24) is 0 Å². The molecule has 0 rings (SSSR count). The van der Waals surface area contributed by atoms with Gasteiger partial charge in [0.2, 0.25) is 0 Å². The second-order valence-electron chi connectivity index (χ2n) is 4.47. The minimum Gasteiger partial charge on any atom is -1.00 e. The van der Waals surface area contributed by atoms with E-state index < -0.39 is 5.97 Å². The normalized spacial score (nSPS) is 13.3. The molecule has 0 amide bonds. The van der Waals surface area contributed by atoms with Gasteiger partial charge < -0.3 is 6.53 Å². The van der Waals surface area contributed by atoms with Crippen molar-refractivity contribution in [3.63, 3.8) is 0 Å². The smallest absolute Gasteiger partial charge is 1.00 e. The van der Waals surface area contributed by atoms with Crippen molar-refractivity contribution in [2.24, 2.45) is 11.3 Å². The van der Waals surface area contributed by atoms with Crippen molar-refractivity contribution < 1.29 is 40.9 Å². The summed E-state index contributed by atoms with van der Waals surface area (Å²) in [5.41, 5.74) is 0.245. The fourth-order valence-electron chi connectivity index (χ4n) is 1.42. The monoisotopic (exact) mass is 182 g/mol. The molecule has 0 heterocycles. The molecule has 0 fully saturated rings. The van der Waals surface area contributed by atoms with Crippen LogP contribution in [0.5, 0.6) is 0 Å². The third-order valence-corrected chi connectivity index (χ3v) is 1.48. The van der Waals surface area contributed by atoms with Gasteiger partial charge in [0.15, 0.2) is 0 Å². The Hall–Kier alpha value is 0.470. The van der Waals surface area contributed by atoms with Gasteiger partial charge in [-0.3, -0.25) is 4.79 Å². The van der Waals surface area contributed by atoms with Crippen LogP contribution < -0.4 is 29.6 Å². The molecular formula is C9H19NaO2. The van der Waals surface area contributed by atoms with Crippen LogP contribution in [0.25, 0.3) is 0 Å². The third kappa shape index (κ3) is 10.5. The molecule has 0 radical (unpaired) electrons. The maximum atomic E-state index is 10.3. The van der Waals surface area contributed by atoms with E-state index in [0.29, 0.717) is 0 Å². The van der Waals surface area contributed by atoms with Gasteiger partial charge in [0, 0.05) is 6.42 Å². The molecule has 0 aliphatic carbocycles. The Balaban J connectivity index is -0.000000500. The zero-order valence-corrected chi connectivity index (χ0v) is 10.8. The number of hydrogen-bond acceptors (Lipinski definition) is 1. The summed E-state index contributed by atoms with van der Waals surface area (Å²) in [6, 6.07) is 0. The summed E-state index contributed by atoms with van der Waals surface area (Å²) in [6.45, 7) is 8.38. The van der Waals surface area contributed by atoms with Crippen molar-refractivity contribution in [1.29, 1.82) is 0 Å². The van der Waals surface area contributed by atoms with E-state index in [4.69, 9.17) is 5.11 Å². The summed E-state index contributed by atoms with van der Waals surface area (Å²) >= 11 is 0. The number of carboxylic acids is 1. The molecule has 0 saturated heterocycles. The third-order valence-electron chi connectivity index (χ3n) is 1.48. The average Bonchev–Trinajstić information content (AvgIpc) is 1.53. The van der Waals surface area contributed by atoms with Gasteiger partial charge in [-0.1, -0.05) is 27.7 Å². The van der Waals surface area contributed by atoms with Crippen molar-refractivity contribution in [2.45, 2.75) is 40.5 Å². The van der Waals surface area contributed by atoms with Gasteiger partial charge in [0.25, 0.3) is 0 Å². The van der Waals surface area contributed by atoms with Gasteiger partial charge >= 0.3 is 35.5 Å². The van der Waals surface area contributed by atoms with Gasteiger partial charge in [-0.05, 0) is 17.8 Å². The minimum atomic E-state index is -0.693. The van der Waals surface area contributed by atoms with Gasteiger partial charge in [-0.2, -0.15) is 0 Å². The summed E-state index contributed by atoms with van der Waals surface area (Å²) in [6.07, 6.45) is 1.26. The molecule has 0 spiro atoms. The van der Waals surface area contributed by atoms with Crippen LogP contribution in [-0.2, 0) is 4.79 Å². The molecule has 0 aromatic rings. The molecule has 3 heteroatoms. The Bertz CT molecular complexity index is 143. The first-order valence-corrected chi connectivity index (χ1v) is 4.03. The molecule has 1 N–H and O–H groups in total. The standard InChI is InChI=1S/C9H18O2.Na.H/c1-7(5-8(10)11)6-9(2,3)4;;/h7H,5-6H2,1-4H3,(H,10,11);;/q;+1;-1. The van der Waals surface area contributed by atoms with E-state index in [1.54, 1.807) is 0 Å². The summed E-state index contributed by atoms with van der Waals surface area (Å²) in [5.74, 6) is -0.408. The molecule has 1 unspecified atom stereocenters. The molecule has 0 aromatic carbocycles. The Morgan fingerprint density at radius 2 is 1.92 bits per heavy atom. The summed E-state index contributed by atoms with van der Waals surface area (Å²) in [7, 11) is 0. The Morgan fingerprint density at radius 3 is 2.17 bits per heavy atom. The molecule has 0 aromatic heterocycles. The van der Waals surface area contributed by atoms with E-state index in [1.807, 2.05) is 6.92 Å². The van der Waals surface area contributed by atoms with Crippen LogP contribution in [-0.4, -0.2) is 11.1 Å². The molecule has 0 aliphatic heterocycles. The van der Waals surface area contributed by atoms with E-state index in [9.17, 15) is 4.79 Å². The maximum Gasteiger partial charge on any atom is 1.00 e. The van der Waals surface area contributed by atoms with Crippen LogP contribution in [0.1, 0.15) is 42.0 Å². The van der Waals surface area contributed by atoms with Gasteiger partial charge in [0.1, 0.15) is 0 Å². The van der Waals surface area contributed by atoms with Crippen LogP contribution in [0, 0.1) is 11.3 Å². The number of aliphatic carboxylic acids is 1. The van der Waals surface area contributed by atoms with Crippen LogP contribution in [0.4, 0.5) is 0 Å². The SMILES string of the molecule is CC(CC(=O)O)CC(C)(C)C.[H-].[Na+]. The molecule has 68 valence electrons. The average molecular weight is 182 g/mol. The second-order valence-corrected chi connectivity index (χ2v) is 4.47. The number of carbonyl (C=O) groups is 1. The fraction of sp³-hybridized carbons (Fsp3) is 0.889. The van der Waals surface area contributed by atoms with Crippen LogP contribution in [0.2, 0.25) is 0 Å². The predicted molar refractivity (Wildman–Crippen MR) is 46.6 cm³/mol. The fourth-order valence-corrected chi connectivity index (χ4v) is 1.42. The summed E-state index contributed by atoms with van der Waals surface area (Å²) in [5, 5.41) is 8.48. The van der Waals surface area contributed by atoms with Crippen molar-refractivity contribution >= 4 is 5.97 Å². The van der Waals surface area contributed by atoms with Gasteiger partial charge in [-0.15, -0.1) is 0 Å². The second kappa shape index (κ2) is 6.01. The Labute approximate surface area is 98.5 Å². The van der Waals surface area contributed by atoms with Crippen LogP contribution in [0.15, 0.2) is 0 Å². The Kier molecular flexibility index (Phi) is 7.49. The zero-order valence-electron chi connectivity index (χ0n) is 9.85. The van der Waals surface area contributed by atoms with Gasteiger partial charge in [-0.25, -0.2) is 0 Å². The molecule has 0 bridgehead atoms. The first kappa shape index (κ1) is 15.0. The van der Waals surface area contributed by atoms with Crippen LogP contribution >= 0.6 is 0 Å². The van der Waals surface area contributed by atoms with Crippen molar-refractivity contribution in [3.8, 4) is 0 Å². The van der Waals surface area contributed by atoms with Gasteiger partial charge in [0.05, 0.1) is 0 Å². The van der Waals surface area contributed by atoms with E-state index in [1.165, 1.54) is 0 Å². The Morgan fingerprint density at radius 1 is 1.50 bits per heavy atom. The predicted octanol–water partition coefficient (Wildman–Crippen LogP) is -0.350.